The number of likely N-dealkylation sites (tertiary alicyclic amines) is 1. The van der Waals surface area contributed by atoms with Crippen LogP contribution in [0.3, 0.4) is 0 Å². The van der Waals surface area contributed by atoms with Gasteiger partial charge in [0.1, 0.15) is 0 Å². The molecule has 3 aliphatic rings. The molecule has 2 N–H and O–H groups in total. The largest absolute Gasteiger partial charge is 0.330 e. The summed E-state index contributed by atoms with van der Waals surface area (Å²) < 4.78 is 54.9. The van der Waals surface area contributed by atoms with Crippen molar-refractivity contribution in [1.29, 1.82) is 0 Å². The highest BCUT2D eigenvalue weighted by Crippen LogP contribution is 2.20. The molecule has 0 aromatic carbocycles. The molecule has 9 nitrogen and oxygen atoms in total. The number of nitrogens with zero attached hydrogens (tertiary/aromatic N) is 4. The highest BCUT2D eigenvalue weighted by atomic mass is 32.2. The molecule has 0 bridgehead atoms. The van der Waals surface area contributed by atoms with Crippen LogP contribution in [0.4, 0.5) is 0 Å². The fraction of sp³-hybridized carbons (Fsp3) is 1.00. The third-order valence-electron chi connectivity index (χ3n) is 6.23. The minimum atomic E-state index is -3.44. The molecule has 3 aliphatic heterocycles. The average Bonchev–Trinajstić information content (AvgIpc) is 3.24. The number of nitrogens with two attached hydrogens (primary N) is 1. The van der Waals surface area contributed by atoms with Crippen molar-refractivity contribution in [3.63, 3.8) is 0 Å². The topological polar surface area (TPSA) is 107 Å². The lowest BCUT2D eigenvalue weighted by Crippen LogP contribution is -2.54. The Morgan fingerprint density at radius 3 is 1.86 bits per heavy atom. The van der Waals surface area contributed by atoms with Gasteiger partial charge in [0, 0.05) is 39.3 Å². The van der Waals surface area contributed by atoms with Gasteiger partial charge in [-0.15, -0.1) is 0 Å². The zero-order valence-corrected chi connectivity index (χ0v) is 18.3. The van der Waals surface area contributed by atoms with E-state index in [1.165, 1.54) is 12.9 Å². The van der Waals surface area contributed by atoms with E-state index in [2.05, 4.69) is 4.90 Å². The molecule has 0 aromatic heterocycles. The van der Waals surface area contributed by atoms with Crippen LogP contribution in [0.2, 0.25) is 0 Å². The standard InChI is InChI=1S/C17H35N5O4S2/c18-16-17-4-9-19(10-5-17)6-3-15-27(23,24)20-11-13-22(14-12-20)28(25,26)21-7-1-2-8-21/h17H,1-16,18H2. The molecule has 3 rings (SSSR count). The maximum Gasteiger partial charge on any atom is 0.282 e. The maximum atomic E-state index is 12.7. The molecular weight excluding hydrogens is 402 g/mol. The number of piperidine rings is 1. The van der Waals surface area contributed by atoms with Crippen molar-refractivity contribution in [3.8, 4) is 0 Å². The van der Waals surface area contributed by atoms with Gasteiger partial charge in [-0.2, -0.15) is 21.3 Å². The maximum absolute atomic E-state index is 12.7. The molecule has 3 saturated heterocycles. The molecule has 164 valence electrons. The van der Waals surface area contributed by atoms with Crippen LogP contribution < -0.4 is 5.73 Å². The van der Waals surface area contributed by atoms with E-state index in [0.717, 1.165) is 51.9 Å². The Labute approximate surface area is 170 Å². The van der Waals surface area contributed by atoms with Crippen LogP contribution in [0, 0.1) is 5.92 Å². The van der Waals surface area contributed by atoms with Crippen LogP contribution in [0.5, 0.6) is 0 Å². The van der Waals surface area contributed by atoms with E-state index >= 15 is 0 Å². The van der Waals surface area contributed by atoms with E-state index in [1.807, 2.05) is 0 Å². The average molecular weight is 438 g/mol. The Morgan fingerprint density at radius 1 is 0.750 bits per heavy atom. The SMILES string of the molecule is NCC1CCN(CCCS(=O)(=O)N2CCN(S(=O)(=O)N3CCCC3)CC2)CC1. The summed E-state index contributed by atoms with van der Waals surface area (Å²) in [7, 11) is -6.78. The second kappa shape index (κ2) is 9.67. The third kappa shape index (κ3) is 5.44. The molecule has 0 aromatic rings. The molecule has 11 heteroatoms. The molecule has 0 spiro atoms. The molecule has 0 saturated carbocycles. The van der Waals surface area contributed by atoms with E-state index in [9.17, 15) is 16.8 Å². The monoisotopic (exact) mass is 437 g/mol. The van der Waals surface area contributed by atoms with E-state index in [0.29, 0.717) is 25.4 Å². The highest BCUT2D eigenvalue weighted by Gasteiger charge is 2.36. The fourth-order valence-electron chi connectivity index (χ4n) is 4.31. The van der Waals surface area contributed by atoms with Crippen molar-refractivity contribution >= 4 is 20.2 Å². The minimum Gasteiger partial charge on any atom is -0.330 e. The van der Waals surface area contributed by atoms with Crippen molar-refractivity contribution in [2.45, 2.75) is 32.1 Å². The molecule has 0 atom stereocenters. The van der Waals surface area contributed by atoms with E-state index in [4.69, 9.17) is 5.73 Å². The summed E-state index contributed by atoms with van der Waals surface area (Å²) in [6.45, 7) is 5.64. The Balaban J connectivity index is 1.42. The first-order valence-corrected chi connectivity index (χ1v) is 13.5. The summed E-state index contributed by atoms with van der Waals surface area (Å²) in [5.74, 6) is 0.732. The van der Waals surface area contributed by atoms with Crippen LogP contribution in [0.25, 0.3) is 0 Å². The van der Waals surface area contributed by atoms with Gasteiger partial charge in [0.25, 0.3) is 10.2 Å². The van der Waals surface area contributed by atoms with Gasteiger partial charge < -0.3 is 10.6 Å². The smallest absolute Gasteiger partial charge is 0.282 e. The van der Waals surface area contributed by atoms with Crippen LogP contribution in [-0.4, -0.2) is 106 Å². The lowest BCUT2D eigenvalue weighted by atomic mass is 9.97. The zero-order valence-electron chi connectivity index (χ0n) is 16.7. The van der Waals surface area contributed by atoms with Crippen molar-refractivity contribution in [2.24, 2.45) is 11.7 Å². The summed E-state index contributed by atoms with van der Waals surface area (Å²) in [5.41, 5.74) is 5.71. The van der Waals surface area contributed by atoms with Crippen LogP contribution >= 0.6 is 0 Å². The lowest BCUT2D eigenvalue weighted by molar-refractivity contribution is 0.187. The van der Waals surface area contributed by atoms with Gasteiger partial charge in [0.15, 0.2) is 0 Å². The molecule has 3 heterocycles. The van der Waals surface area contributed by atoms with Gasteiger partial charge >= 0.3 is 0 Å². The van der Waals surface area contributed by atoms with Crippen molar-refractivity contribution in [2.75, 3.05) is 71.2 Å². The molecule has 28 heavy (non-hydrogen) atoms. The number of hydrogen-bond acceptors (Lipinski definition) is 6. The summed E-state index contributed by atoms with van der Waals surface area (Å²) in [6.07, 6.45) is 4.60. The highest BCUT2D eigenvalue weighted by molar-refractivity contribution is 7.89. The summed E-state index contributed by atoms with van der Waals surface area (Å²) in [6, 6.07) is 0. The van der Waals surface area contributed by atoms with Gasteiger partial charge in [0.05, 0.1) is 5.75 Å². The second-order valence-corrected chi connectivity index (χ2v) is 12.1. The van der Waals surface area contributed by atoms with Gasteiger partial charge in [-0.25, -0.2) is 8.42 Å². The van der Waals surface area contributed by atoms with Crippen molar-refractivity contribution in [1.82, 2.24) is 17.8 Å². The third-order valence-corrected chi connectivity index (χ3v) is 10.2. The van der Waals surface area contributed by atoms with Gasteiger partial charge in [-0.3, -0.25) is 0 Å². The summed E-state index contributed by atoms with van der Waals surface area (Å²) in [5, 5.41) is 0. The second-order valence-electron chi connectivity index (χ2n) is 8.10. The molecular formula is C17H35N5O4S2. The van der Waals surface area contributed by atoms with Gasteiger partial charge in [-0.05, 0) is 64.2 Å². The lowest BCUT2D eigenvalue weighted by Gasteiger charge is -2.35. The predicted octanol–water partition coefficient (Wildman–Crippen LogP) is -0.665. The Kier molecular flexibility index (Phi) is 7.73. The van der Waals surface area contributed by atoms with Crippen molar-refractivity contribution < 1.29 is 16.8 Å². The Hall–Kier alpha value is -0.300. The first-order chi connectivity index (χ1) is 13.3. The van der Waals surface area contributed by atoms with Crippen molar-refractivity contribution in [3.05, 3.63) is 0 Å². The van der Waals surface area contributed by atoms with Gasteiger partial charge in [0.2, 0.25) is 10.0 Å². The Morgan fingerprint density at radius 2 is 1.29 bits per heavy atom. The molecule has 0 amide bonds. The fourth-order valence-corrected chi connectivity index (χ4v) is 7.45. The van der Waals surface area contributed by atoms with E-state index < -0.39 is 20.2 Å². The predicted molar refractivity (Wildman–Crippen MR) is 109 cm³/mol. The first kappa shape index (κ1) is 22.4. The summed E-state index contributed by atoms with van der Waals surface area (Å²) >= 11 is 0. The molecule has 0 unspecified atom stereocenters. The molecule has 3 fully saturated rings. The zero-order chi connectivity index (χ0) is 20.2. The minimum absolute atomic E-state index is 0.128. The van der Waals surface area contributed by atoms with E-state index in [-0.39, 0.29) is 31.9 Å². The van der Waals surface area contributed by atoms with Crippen LogP contribution in [-0.2, 0) is 20.2 Å². The van der Waals surface area contributed by atoms with Gasteiger partial charge in [-0.1, -0.05) is 0 Å². The quantitative estimate of drug-likeness (QED) is 0.540. The number of hydrogen-bond donors (Lipinski definition) is 1. The normalized spacial score (nSPS) is 25.5. The number of rotatable bonds is 8. The summed E-state index contributed by atoms with van der Waals surface area (Å²) in [4.78, 5) is 2.32. The molecule has 0 aliphatic carbocycles. The molecule has 0 radical (unpaired) electrons. The first-order valence-electron chi connectivity index (χ1n) is 10.5. The Bertz CT molecular complexity index is 693. The van der Waals surface area contributed by atoms with Crippen LogP contribution in [0.15, 0.2) is 0 Å². The van der Waals surface area contributed by atoms with Crippen LogP contribution in [0.1, 0.15) is 32.1 Å². The number of sulfonamides is 1. The van der Waals surface area contributed by atoms with E-state index in [1.54, 1.807) is 0 Å². The number of piperazine rings is 1.